The maximum absolute atomic E-state index is 12.0. The Kier molecular flexibility index (Phi) is 4.37. The minimum Gasteiger partial charge on any atom is -0.493 e. The van der Waals surface area contributed by atoms with Crippen molar-refractivity contribution in [2.75, 3.05) is 26.8 Å². The zero-order valence-electron chi connectivity index (χ0n) is 11.1. The molecule has 0 aromatic heterocycles. The van der Waals surface area contributed by atoms with Gasteiger partial charge in [-0.1, -0.05) is 0 Å². The van der Waals surface area contributed by atoms with Crippen molar-refractivity contribution in [1.29, 1.82) is 0 Å². The van der Waals surface area contributed by atoms with Gasteiger partial charge in [0.05, 0.1) is 12.8 Å². The topological polar surface area (TPSA) is 66.8 Å². The van der Waals surface area contributed by atoms with Crippen molar-refractivity contribution >= 4 is 11.6 Å². The van der Waals surface area contributed by atoms with E-state index in [2.05, 4.69) is 0 Å². The number of aliphatic hydroxyl groups excluding tert-OH is 1. The van der Waals surface area contributed by atoms with Gasteiger partial charge < -0.3 is 14.7 Å². The second kappa shape index (κ2) is 6.02. The molecule has 0 spiro atoms. The Morgan fingerprint density at radius 2 is 1.95 bits per heavy atom. The second-order valence-electron chi connectivity index (χ2n) is 4.91. The van der Waals surface area contributed by atoms with Gasteiger partial charge in [-0.3, -0.25) is 9.59 Å². The molecule has 0 atom stereocenters. The van der Waals surface area contributed by atoms with Crippen LogP contribution in [-0.4, -0.2) is 48.4 Å². The number of piperidine rings is 1. The standard InChI is InChI=1S/C14H19NO4/c1-19-14-9-12(17)11(8-13(14)18)15-5-2-10(3-6-15)4-7-16/h8-10,16H,2-7H2,1H3. The van der Waals surface area contributed by atoms with E-state index in [1.165, 1.54) is 19.3 Å². The van der Waals surface area contributed by atoms with E-state index >= 15 is 0 Å². The van der Waals surface area contributed by atoms with Gasteiger partial charge in [-0.15, -0.1) is 0 Å². The lowest BCUT2D eigenvalue weighted by Crippen LogP contribution is -2.37. The molecule has 1 heterocycles. The summed E-state index contributed by atoms with van der Waals surface area (Å²) in [5.74, 6) is 0.192. The fraction of sp³-hybridized carbons (Fsp3) is 0.571. The summed E-state index contributed by atoms with van der Waals surface area (Å²) in [5.41, 5.74) is 0.466. The SMILES string of the molecule is COC1=CC(=O)C(N2CCC(CCO)CC2)=CC1=O. The molecule has 0 bridgehead atoms. The summed E-state index contributed by atoms with van der Waals surface area (Å²) in [7, 11) is 1.39. The maximum atomic E-state index is 12.0. The van der Waals surface area contributed by atoms with Crippen LogP contribution in [0.25, 0.3) is 0 Å². The number of ether oxygens (including phenoxy) is 1. The largest absolute Gasteiger partial charge is 0.493 e. The number of methoxy groups -OCH3 is 1. The first kappa shape index (κ1) is 13.8. The number of hydrogen-bond donors (Lipinski definition) is 1. The van der Waals surface area contributed by atoms with Crippen molar-refractivity contribution in [1.82, 2.24) is 4.90 Å². The molecule has 1 aliphatic carbocycles. The van der Waals surface area contributed by atoms with Gasteiger partial charge in [-0.2, -0.15) is 0 Å². The molecule has 0 unspecified atom stereocenters. The molecule has 19 heavy (non-hydrogen) atoms. The molecule has 1 N–H and O–H groups in total. The second-order valence-corrected chi connectivity index (χ2v) is 4.91. The fourth-order valence-electron chi connectivity index (χ4n) is 2.58. The van der Waals surface area contributed by atoms with Crippen molar-refractivity contribution in [3.05, 3.63) is 23.6 Å². The average Bonchev–Trinajstić information content (AvgIpc) is 2.42. The Bertz CT molecular complexity index is 431. The number of hydrogen-bond acceptors (Lipinski definition) is 5. The highest BCUT2D eigenvalue weighted by Gasteiger charge is 2.27. The third-order valence-electron chi connectivity index (χ3n) is 3.74. The summed E-state index contributed by atoms with van der Waals surface area (Å²) >= 11 is 0. The maximum Gasteiger partial charge on any atom is 0.222 e. The van der Waals surface area contributed by atoms with E-state index in [1.54, 1.807) is 0 Å². The summed E-state index contributed by atoms with van der Waals surface area (Å²) in [4.78, 5) is 25.6. The van der Waals surface area contributed by atoms with Crippen LogP contribution < -0.4 is 0 Å². The minimum atomic E-state index is -0.255. The Morgan fingerprint density at radius 1 is 1.26 bits per heavy atom. The first-order valence-electron chi connectivity index (χ1n) is 6.57. The zero-order chi connectivity index (χ0) is 13.8. The van der Waals surface area contributed by atoms with Gasteiger partial charge in [0.15, 0.2) is 5.76 Å². The molecule has 2 aliphatic rings. The van der Waals surface area contributed by atoms with Gasteiger partial charge in [-0.05, 0) is 25.2 Å². The summed E-state index contributed by atoms with van der Waals surface area (Å²) in [6.07, 6.45) is 5.33. The summed E-state index contributed by atoms with van der Waals surface area (Å²) in [6, 6.07) is 0. The third kappa shape index (κ3) is 3.04. The monoisotopic (exact) mass is 265 g/mol. The zero-order valence-corrected chi connectivity index (χ0v) is 11.1. The number of nitrogens with zero attached hydrogens (tertiary/aromatic N) is 1. The smallest absolute Gasteiger partial charge is 0.222 e. The molecular weight excluding hydrogens is 246 g/mol. The Hall–Kier alpha value is -1.62. The molecule has 104 valence electrons. The number of ketones is 2. The Morgan fingerprint density at radius 3 is 2.53 bits per heavy atom. The van der Waals surface area contributed by atoms with E-state index in [0.29, 0.717) is 11.6 Å². The van der Waals surface area contributed by atoms with E-state index < -0.39 is 0 Å². The van der Waals surface area contributed by atoms with Gasteiger partial charge in [0.25, 0.3) is 0 Å². The molecule has 2 rings (SSSR count). The molecule has 0 saturated carbocycles. The van der Waals surface area contributed by atoms with Crippen molar-refractivity contribution in [3.8, 4) is 0 Å². The molecule has 5 heteroatoms. The highest BCUT2D eigenvalue weighted by Crippen LogP contribution is 2.25. The number of likely N-dealkylation sites (tertiary alicyclic amines) is 1. The molecular formula is C14H19NO4. The molecule has 1 fully saturated rings. The first-order valence-corrected chi connectivity index (χ1v) is 6.57. The van der Waals surface area contributed by atoms with Crippen LogP contribution in [0.2, 0.25) is 0 Å². The normalized spacial score (nSPS) is 21.3. The van der Waals surface area contributed by atoms with Crippen LogP contribution >= 0.6 is 0 Å². The molecule has 1 saturated heterocycles. The quantitative estimate of drug-likeness (QED) is 0.756. The number of allylic oxidation sites excluding steroid dienone is 2. The number of rotatable bonds is 4. The number of aliphatic hydroxyl groups is 1. The average molecular weight is 265 g/mol. The lowest BCUT2D eigenvalue weighted by Gasteiger charge is -2.34. The van der Waals surface area contributed by atoms with Gasteiger partial charge >= 0.3 is 0 Å². The minimum absolute atomic E-state index is 0.101. The summed E-state index contributed by atoms with van der Waals surface area (Å²) < 4.78 is 4.86. The van der Waals surface area contributed by atoms with Crippen molar-refractivity contribution in [2.45, 2.75) is 19.3 Å². The number of carbonyl (C=O) groups is 2. The van der Waals surface area contributed by atoms with Crippen LogP contribution in [0.3, 0.4) is 0 Å². The molecule has 5 nitrogen and oxygen atoms in total. The van der Waals surface area contributed by atoms with E-state index in [0.717, 1.165) is 32.4 Å². The Labute approximate surface area is 112 Å². The Balaban J connectivity index is 2.01. The van der Waals surface area contributed by atoms with Crippen LogP contribution in [0.5, 0.6) is 0 Å². The van der Waals surface area contributed by atoms with Crippen molar-refractivity contribution < 1.29 is 19.4 Å². The summed E-state index contributed by atoms with van der Waals surface area (Å²) in [6.45, 7) is 1.72. The molecule has 0 radical (unpaired) electrons. The van der Waals surface area contributed by atoms with Gasteiger partial charge in [0.2, 0.25) is 11.6 Å². The predicted octanol–water partition coefficient (Wildman–Crippen LogP) is 0.647. The van der Waals surface area contributed by atoms with Crippen LogP contribution in [0.15, 0.2) is 23.6 Å². The first-order chi connectivity index (χ1) is 9.15. The van der Waals surface area contributed by atoms with E-state index in [1.807, 2.05) is 4.90 Å². The van der Waals surface area contributed by atoms with Crippen molar-refractivity contribution in [3.63, 3.8) is 0 Å². The van der Waals surface area contributed by atoms with E-state index in [9.17, 15) is 9.59 Å². The fourth-order valence-corrected chi connectivity index (χ4v) is 2.58. The molecule has 0 aromatic carbocycles. The highest BCUT2D eigenvalue weighted by molar-refractivity contribution is 6.18. The van der Waals surface area contributed by atoms with Crippen LogP contribution in [0, 0.1) is 5.92 Å². The molecule has 0 amide bonds. The van der Waals surface area contributed by atoms with Crippen LogP contribution in [0.4, 0.5) is 0 Å². The molecule has 0 aromatic rings. The lowest BCUT2D eigenvalue weighted by atomic mass is 9.93. The number of carbonyl (C=O) groups excluding carboxylic acids is 2. The van der Waals surface area contributed by atoms with Crippen LogP contribution in [0.1, 0.15) is 19.3 Å². The van der Waals surface area contributed by atoms with E-state index in [-0.39, 0.29) is 23.9 Å². The highest BCUT2D eigenvalue weighted by atomic mass is 16.5. The van der Waals surface area contributed by atoms with Crippen molar-refractivity contribution in [2.24, 2.45) is 5.92 Å². The van der Waals surface area contributed by atoms with Gasteiger partial charge in [0, 0.05) is 31.8 Å². The molecule has 1 aliphatic heterocycles. The predicted molar refractivity (Wildman–Crippen MR) is 69.2 cm³/mol. The van der Waals surface area contributed by atoms with E-state index in [4.69, 9.17) is 9.84 Å². The van der Waals surface area contributed by atoms with Crippen LogP contribution in [-0.2, 0) is 14.3 Å². The lowest BCUT2D eigenvalue weighted by molar-refractivity contribution is -0.118. The van der Waals surface area contributed by atoms with Gasteiger partial charge in [0.1, 0.15) is 0 Å². The third-order valence-corrected chi connectivity index (χ3v) is 3.74. The van der Waals surface area contributed by atoms with Gasteiger partial charge in [-0.25, -0.2) is 0 Å². The summed E-state index contributed by atoms with van der Waals surface area (Å²) in [5, 5.41) is 8.92.